The molecule has 6 nitrogen and oxygen atoms in total. The Balaban J connectivity index is 1.37. The fourth-order valence-electron chi connectivity index (χ4n) is 4.50. The van der Waals surface area contributed by atoms with Crippen LogP contribution >= 0.6 is 0 Å². The minimum Gasteiger partial charge on any atom is -0.469 e. The molecule has 0 bridgehead atoms. The minimum absolute atomic E-state index is 0.482. The fourth-order valence-corrected chi connectivity index (χ4v) is 4.50. The van der Waals surface area contributed by atoms with Crippen LogP contribution in [0.15, 0.2) is 27.8 Å². The van der Waals surface area contributed by atoms with Crippen LogP contribution in [0, 0.1) is 0 Å². The molecular weight excluding hydrogens is 340 g/mol. The molecule has 1 aromatic rings. The van der Waals surface area contributed by atoms with Crippen molar-refractivity contribution in [2.45, 2.75) is 57.0 Å². The summed E-state index contributed by atoms with van der Waals surface area (Å²) < 4.78 is 11.0. The van der Waals surface area contributed by atoms with E-state index in [0.717, 1.165) is 63.8 Å². The van der Waals surface area contributed by atoms with Gasteiger partial charge in [0.25, 0.3) is 0 Å². The van der Waals surface area contributed by atoms with Crippen LogP contribution in [0.5, 0.6) is 0 Å². The van der Waals surface area contributed by atoms with Crippen LogP contribution in [0.25, 0.3) is 0 Å². The lowest BCUT2D eigenvalue weighted by Crippen LogP contribution is -2.48. The van der Waals surface area contributed by atoms with Crippen LogP contribution in [0.3, 0.4) is 0 Å². The molecule has 0 aromatic carbocycles. The summed E-state index contributed by atoms with van der Waals surface area (Å²) in [5.74, 6) is 2.10. The Morgan fingerprint density at radius 1 is 1.11 bits per heavy atom. The van der Waals surface area contributed by atoms with Crippen molar-refractivity contribution in [3.8, 4) is 0 Å². The van der Waals surface area contributed by atoms with Gasteiger partial charge >= 0.3 is 0 Å². The fraction of sp³-hybridized carbons (Fsp3) is 0.762. The van der Waals surface area contributed by atoms with Crippen LogP contribution < -0.4 is 5.32 Å². The lowest BCUT2D eigenvalue weighted by atomic mass is 10.1. The zero-order chi connectivity index (χ0) is 18.3. The second kappa shape index (κ2) is 9.60. The summed E-state index contributed by atoms with van der Waals surface area (Å²) in [6, 6.07) is 5.15. The van der Waals surface area contributed by atoms with Gasteiger partial charge in [0.1, 0.15) is 5.76 Å². The SMILES string of the molecule is c1coc(CCN=C(NC2CCOCC2)N2CCC(N3CCCCC3)C2)c1. The first kappa shape index (κ1) is 18.8. The number of likely N-dealkylation sites (tertiary alicyclic amines) is 2. The van der Waals surface area contributed by atoms with E-state index in [-0.39, 0.29) is 0 Å². The summed E-state index contributed by atoms with van der Waals surface area (Å²) >= 11 is 0. The quantitative estimate of drug-likeness (QED) is 0.634. The Kier molecular flexibility index (Phi) is 6.69. The second-order valence-corrected chi connectivity index (χ2v) is 8.05. The van der Waals surface area contributed by atoms with Crippen LogP contribution in [0.1, 0.15) is 44.3 Å². The Morgan fingerprint density at radius 2 is 1.96 bits per heavy atom. The van der Waals surface area contributed by atoms with Crippen molar-refractivity contribution in [3.63, 3.8) is 0 Å². The molecule has 1 unspecified atom stereocenters. The molecular formula is C21H34N4O2. The molecule has 0 radical (unpaired) electrons. The number of rotatable bonds is 5. The highest BCUT2D eigenvalue weighted by Gasteiger charge is 2.31. The average molecular weight is 375 g/mol. The number of guanidine groups is 1. The summed E-state index contributed by atoms with van der Waals surface area (Å²) in [5, 5.41) is 3.75. The number of piperidine rings is 1. The van der Waals surface area contributed by atoms with E-state index in [0.29, 0.717) is 12.1 Å². The van der Waals surface area contributed by atoms with Gasteiger partial charge in [-0.1, -0.05) is 6.42 Å². The first-order valence-electron chi connectivity index (χ1n) is 10.8. The van der Waals surface area contributed by atoms with Gasteiger partial charge < -0.3 is 19.4 Å². The summed E-state index contributed by atoms with van der Waals surface area (Å²) in [6.07, 6.45) is 10.1. The molecule has 1 aromatic heterocycles. The number of furan rings is 1. The third-order valence-corrected chi connectivity index (χ3v) is 6.12. The number of hydrogen-bond acceptors (Lipinski definition) is 4. The molecule has 27 heavy (non-hydrogen) atoms. The van der Waals surface area contributed by atoms with E-state index >= 15 is 0 Å². The van der Waals surface area contributed by atoms with E-state index in [1.165, 1.54) is 38.8 Å². The maximum Gasteiger partial charge on any atom is 0.194 e. The van der Waals surface area contributed by atoms with Gasteiger partial charge in [0.05, 0.1) is 6.26 Å². The smallest absolute Gasteiger partial charge is 0.194 e. The van der Waals surface area contributed by atoms with E-state index in [1.807, 2.05) is 12.1 Å². The molecule has 3 aliphatic rings. The molecule has 0 spiro atoms. The molecule has 4 heterocycles. The summed E-state index contributed by atoms with van der Waals surface area (Å²) in [5.41, 5.74) is 0. The lowest BCUT2D eigenvalue weighted by molar-refractivity contribution is 0.0816. The highest BCUT2D eigenvalue weighted by molar-refractivity contribution is 5.80. The molecule has 4 rings (SSSR count). The van der Waals surface area contributed by atoms with Gasteiger partial charge in [-0.15, -0.1) is 0 Å². The highest BCUT2D eigenvalue weighted by atomic mass is 16.5. The molecule has 0 saturated carbocycles. The van der Waals surface area contributed by atoms with Crippen LogP contribution in [0.2, 0.25) is 0 Å². The highest BCUT2D eigenvalue weighted by Crippen LogP contribution is 2.21. The molecule has 3 saturated heterocycles. The van der Waals surface area contributed by atoms with Gasteiger partial charge in [-0.25, -0.2) is 0 Å². The standard InChI is InChI=1S/C21H34N4O2/c1-2-11-24(12-3-1)19-7-13-25(17-19)21(23-18-8-15-26-16-9-18)22-10-6-20-5-4-14-27-20/h4-5,14,18-19H,1-3,6-13,15-17H2,(H,22,23). The molecule has 0 aliphatic carbocycles. The topological polar surface area (TPSA) is 53.2 Å². The summed E-state index contributed by atoms with van der Waals surface area (Å²) in [7, 11) is 0. The molecule has 3 aliphatic heterocycles. The van der Waals surface area contributed by atoms with Crippen molar-refractivity contribution in [2.24, 2.45) is 4.99 Å². The van der Waals surface area contributed by atoms with E-state index in [1.54, 1.807) is 6.26 Å². The third-order valence-electron chi connectivity index (χ3n) is 6.12. The molecule has 0 amide bonds. The number of nitrogens with zero attached hydrogens (tertiary/aromatic N) is 3. The predicted molar refractivity (Wildman–Crippen MR) is 107 cm³/mol. The van der Waals surface area contributed by atoms with Crippen molar-refractivity contribution in [3.05, 3.63) is 24.2 Å². The van der Waals surface area contributed by atoms with Crippen molar-refractivity contribution < 1.29 is 9.15 Å². The zero-order valence-corrected chi connectivity index (χ0v) is 16.4. The molecule has 6 heteroatoms. The van der Waals surface area contributed by atoms with Crippen molar-refractivity contribution in [1.29, 1.82) is 0 Å². The van der Waals surface area contributed by atoms with E-state index in [2.05, 4.69) is 15.1 Å². The molecule has 1 atom stereocenters. The lowest BCUT2D eigenvalue weighted by Gasteiger charge is -2.33. The molecule has 150 valence electrons. The van der Waals surface area contributed by atoms with Gasteiger partial charge in [0.15, 0.2) is 5.96 Å². The van der Waals surface area contributed by atoms with Gasteiger partial charge in [-0.2, -0.15) is 0 Å². The first-order chi connectivity index (χ1) is 13.4. The number of hydrogen-bond donors (Lipinski definition) is 1. The van der Waals surface area contributed by atoms with Crippen LogP contribution in [-0.4, -0.2) is 73.8 Å². The Morgan fingerprint density at radius 3 is 2.74 bits per heavy atom. The van der Waals surface area contributed by atoms with Crippen LogP contribution in [0.4, 0.5) is 0 Å². The molecule has 3 fully saturated rings. The monoisotopic (exact) mass is 374 g/mol. The predicted octanol–water partition coefficient (Wildman–Crippen LogP) is 2.51. The largest absolute Gasteiger partial charge is 0.469 e. The second-order valence-electron chi connectivity index (χ2n) is 8.05. The normalized spacial score (nSPS) is 25.9. The Labute approximate surface area is 162 Å². The molecule has 1 N–H and O–H groups in total. The first-order valence-corrected chi connectivity index (χ1v) is 10.8. The van der Waals surface area contributed by atoms with Gasteiger partial charge in [-0.05, 0) is 57.3 Å². The van der Waals surface area contributed by atoms with E-state index in [4.69, 9.17) is 14.1 Å². The Bertz CT molecular complexity index is 577. The van der Waals surface area contributed by atoms with E-state index < -0.39 is 0 Å². The Hall–Kier alpha value is -1.53. The number of aliphatic imine (C=N–C) groups is 1. The van der Waals surface area contributed by atoms with Crippen molar-refractivity contribution in [2.75, 3.05) is 45.9 Å². The maximum atomic E-state index is 5.52. The maximum absolute atomic E-state index is 5.52. The summed E-state index contributed by atoms with van der Waals surface area (Å²) in [4.78, 5) is 10.2. The third kappa shape index (κ3) is 5.26. The van der Waals surface area contributed by atoms with E-state index in [9.17, 15) is 0 Å². The van der Waals surface area contributed by atoms with Crippen LogP contribution in [-0.2, 0) is 11.2 Å². The minimum atomic E-state index is 0.482. The van der Waals surface area contributed by atoms with Gasteiger partial charge in [0, 0.05) is 51.4 Å². The van der Waals surface area contributed by atoms with Gasteiger partial charge in [0.2, 0.25) is 0 Å². The van der Waals surface area contributed by atoms with Crippen molar-refractivity contribution in [1.82, 2.24) is 15.1 Å². The van der Waals surface area contributed by atoms with Crippen molar-refractivity contribution >= 4 is 5.96 Å². The average Bonchev–Trinajstić information content (AvgIpc) is 3.41. The zero-order valence-electron chi connectivity index (χ0n) is 16.4. The number of nitrogens with one attached hydrogen (secondary N) is 1. The van der Waals surface area contributed by atoms with Gasteiger partial charge in [-0.3, -0.25) is 9.89 Å². The number of ether oxygens (including phenoxy) is 1. The summed E-state index contributed by atoms with van der Waals surface area (Å²) in [6.45, 7) is 7.24.